The molecule has 256 valence electrons. The predicted molar refractivity (Wildman–Crippen MR) is 207 cm³/mol. The topological polar surface area (TPSA) is 64.1 Å². The van der Waals surface area contributed by atoms with Gasteiger partial charge in [-0.15, -0.1) is 29.3 Å². The maximum atomic E-state index is 11.8. The molecule has 9 rings (SSSR count). The van der Waals surface area contributed by atoms with Gasteiger partial charge in [-0.3, -0.25) is 9.55 Å². The maximum absolute atomic E-state index is 11.8. The molecule has 0 radical (unpaired) electrons. The molecule has 52 heavy (non-hydrogen) atoms. The number of rotatable bonds is 5. The van der Waals surface area contributed by atoms with Crippen molar-refractivity contribution in [2.45, 2.75) is 26.2 Å². The summed E-state index contributed by atoms with van der Waals surface area (Å²) in [7, 11) is 0. The minimum Gasteiger partial charge on any atom is -0.507 e. The molecular formula is C46H34N3O2Pt-. The van der Waals surface area contributed by atoms with Gasteiger partial charge in [0.15, 0.2) is 0 Å². The zero-order valence-electron chi connectivity index (χ0n) is 28.9. The Balaban J connectivity index is 0.00000387. The number of para-hydroxylation sites is 3. The average molecular weight is 856 g/mol. The Morgan fingerprint density at radius 3 is 2.19 bits per heavy atom. The van der Waals surface area contributed by atoms with Crippen LogP contribution in [0.4, 0.5) is 0 Å². The van der Waals surface area contributed by atoms with Gasteiger partial charge in [0, 0.05) is 49.3 Å². The van der Waals surface area contributed by atoms with Gasteiger partial charge in [-0.25, -0.2) is 4.98 Å². The summed E-state index contributed by atoms with van der Waals surface area (Å²) in [6, 6.07) is 50.7. The average Bonchev–Trinajstić information content (AvgIpc) is 3.73. The minimum atomic E-state index is -0.117. The van der Waals surface area contributed by atoms with Gasteiger partial charge in [0.25, 0.3) is 0 Å². The minimum absolute atomic E-state index is 0. The molecule has 0 spiro atoms. The molecule has 0 saturated carbocycles. The number of pyridine rings is 1. The van der Waals surface area contributed by atoms with Crippen LogP contribution in [0.25, 0.3) is 83.6 Å². The van der Waals surface area contributed by atoms with Gasteiger partial charge in [-0.1, -0.05) is 123 Å². The van der Waals surface area contributed by atoms with E-state index < -0.39 is 0 Å². The molecule has 0 amide bonds. The van der Waals surface area contributed by atoms with Crippen LogP contribution < -0.4 is 0 Å². The van der Waals surface area contributed by atoms with Crippen LogP contribution in [0.2, 0.25) is 0 Å². The van der Waals surface area contributed by atoms with E-state index in [1.807, 2.05) is 66.9 Å². The number of fused-ring (bicyclic) bond motifs is 4. The fourth-order valence-electron chi connectivity index (χ4n) is 7.02. The van der Waals surface area contributed by atoms with Crippen LogP contribution in [-0.2, 0) is 26.5 Å². The first-order valence-electron chi connectivity index (χ1n) is 17.1. The van der Waals surface area contributed by atoms with Gasteiger partial charge in [-0.05, 0) is 47.4 Å². The zero-order valence-corrected chi connectivity index (χ0v) is 31.1. The molecular weight excluding hydrogens is 822 g/mol. The van der Waals surface area contributed by atoms with Crippen molar-refractivity contribution in [2.75, 3.05) is 0 Å². The van der Waals surface area contributed by atoms with Crippen LogP contribution in [-0.4, -0.2) is 19.6 Å². The number of phenols is 1. The second kappa shape index (κ2) is 13.1. The summed E-state index contributed by atoms with van der Waals surface area (Å²) in [6.45, 7) is 6.66. The number of hydrogen-bond donors (Lipinski definition) is 1. The summed E-state index contributed by atoms with van der Waals surface area (Å²) in [4.78, 5) is 10.1. The van der Waals surface area contributed by atoms with Crippen LogP contribution in [0.15, 0.2) is 150 Å². The first-order chi connectivity index (χ1) is 24.8. The first kappa shape index (κ1) is 33.4. The van der Waals surface area contributed by atoms with Crippen molar-refractivity contribution < 1.29 is 30.6 Å². The molecule has 9 aromatic rings. The van der Waals surface area contributed by atoms with E-state index in [9.17, 15) is 5.11 Å². The van der Waals surface area contributed by atoms with Crippen molar-refractivity contribution in [3.63, 3.8) is 0 Å². The molecule has 0 bridgehead atoms. The predicted octanol–water partition coefficient (Wildman–Crippen LogP) is 11.8. The zero-order chi connectivity index (χ0) is 34.7. The number of hydrogen-bond acceptors (Lipinski definition) is 4. The van der Waals surface area contributed by atoms with E-state index in [-0.39, 0.29) is 32.2 Å². The summed E-state index contributed by atoms with van der Waals surface area (Å²) in [5.74, 6) is 0.737. The van der Waals surface area contributed by atoms with Gasteiger partial charge < -0.3 is 9.52 Å². The molecule has 0 fully saturated rings. The molecule has 0 aliphatic rings. The quantitative estimate of drug-likeness (QED) is 0.175. The van der Waals surface area contributed by atoms with Crippen LogP contribution in [0, 0.1) is 6.07 Å². The molecule has 0 unspecified atom stereocenters. The molecule has 0 aliphatic carbocycles. The third-order valence-electron chi connectivity index (χ3n) is 9.62. The normalized spacial score (nSPS) is 11.7. The van der Waals surface area contributed by atoms with Gasteiger partial charge in [0.1, 0.15) is 22.7 Å². The number of aromatic hydroxyl groups is 1. The van der Waals surface area contributed by atoms with Gasteiger partial charge in [0.2, 0.25) is 0 Å². The van der Waals surface area contributed by atoms with Crippen LogP contribution in [0.3, 0.4) is 0 Å². The Bertz CT molecular complexity index is 2740. The molecule has 1 N–H and O–H groups in total. The molecule has 3 aromatic heterocycles. The van der Waals surface area contributed by atoms with E-state index in [0.29, 0.717) is 17.0 Å². The third kappa shape index (κ3) is 5.72. The monoisotopic (exact) mass is 855 g/mol. The van der Waals surface area contributed by atoms with E-state index in [0.717, 1.165) is 66.6 Å². The summed E-state index contributed by atoms with van der Waals surface area (Å²) < 4.78 is 8.48. The van der Waals surface area contributed by atoms with Gasteiger partial charge >= 0.3 is 0 Å². The van der Waals surface area contributed by atoms with Crippen LogP contribution in [0.5, 0.6) is 5.75 Å². The molecule has 6 aromatic carbocycles. The summed E-state index contributed by atoms with van der Waals surface area (Å²) in [6.07, 6.45) is 1.82. The van der Waals surface area contributed by atoms with Crippen molar-refractivity contribution in [2.24, 2.45) is 0 Å². The van der Waals surface area contributed by atoms with Crippen molar-refractivity contribution >= 4 is 33.0 Å². The van der Waals surface area contributed by atoms with Crippen molar-refractivity contribution in [1.82, 2.24) is 14.5 Å². The van der Waals surface area contributed by atoms with E-state index in [4.69, 9.17) is 9.40 Å². The first-order valence-corrected chi connectivity index (χ1v) is 17.1. The summed E-state index contributed by atoms with van der Waals surface area (Å²) >= 11 is 0. The van der Waals surface area contributed by atoms with Crippen LogP contribution >= 0.6 is 0 Å². The van der Waals surface area contributed by atoms with Gasteiger partial charge in [-0.2, -0.15) is 0 Å². The largest absolute Gasteiger partial charge is 0.507 e. The summed E-state index contributed by atoms with van der Waals surface area (Å²) in [5, 5.41) is 13.6. The molecule has 3 heterocycles. The summed E-state index contributed by atoms with van der Waals surface area (Å²) in [5.41, 5.74) is 11.5. The number of aromatic nitrogens is 3. The second-order valence-electron chi connectivity index (χ2n) is 14.0. The number of nitrogens with zero attached hydrogens (tertiary/aromatic N) is 3. The number of furan rings is 1. The molecule has 6 heteroatoms. The standard InChI is InChI=1S/C46H34N3O2.Pt/c1-46(2,3)32-25-30(24-31(26-32)38-19-11-12-23-47-38)34-18-13-21-40-44(34)48-45(49(40)39-20-9-7-16-33(39)29-14-5-4-6-15-29)37-28-43-36(27-41(37)50)35-17-8-10-22-42(35)51-43;/h4-23,25-28,50H,1-3H3;/q-1;. The fourth-order valence-corrected chi connectivity index (χ4v) is 7.02. The molecule has 0 aliphatic heterocycles. The van der Waals surface area contributed by atoms with Crippen molar-refractivity contribution in [3.8, 4) is 56.3 Å². The Kier molecular flexibility index (Phi) is 8.40. The Hall–Kier alpha value is -5.77. The van der Waals surface area contributed by atoms with Crippen molar-refractivity contribution in [1.29, 1.82) is 0 Å². The molecule has 5 nitrogen and oxygen atoms in total. The third-order valence-corrected chi connectivity index (χ3v) is 9.62. The molecule has 0 atom stereocenters. The second-order valence-corrected chi connectivity index (χ2v) is 14.0. The Labute approximate surface area is 316 Å². The van der Waals surface area contributed by atoms with E-state index in [1.165, 1.54) is 5.56 Å². The maximum Gasteiger partial charge on any atom is 0.148 e. The van der Waals surface area contributed by atoms with Gasteiger partial charge in [0.05, 0.1) is 22.3 Å². The number of benzene rings is 6. The van der Waals surface area contributed by atoms with Crippen molar-refractivity contribution in [3.05, 3.63) is 157 Å². The van der Waals surface area contributed by atoms with E-state index >= 15 is 0 Å². The van der Waals surface area contributed by atoms with E-state index in [1.54, 1.807) is 6.07 Å². The Morgan fingerprint density at radius 2 is 1.38 bits per heavy atom. The fraction of sp³-hybridized carbons (Fsp3) is 0.0870. The molecule has 0 saturated heterocycles. The smallest absolute Gasteiger partial charge is 0.148 e. The van der Waals surface area contributed by atoms with E-state index in [2.05, 4.69) is 109 Å². The Morgan fingerprint density at radius 1 is 0.654 bits per heavy atom. The number of phenolic OH excluding ortho intramolecular Hbond substituents is 1. The number of imidazole rings is 1. The SMILES string of the molecule is CC(C)(C)c1cc(-c2ccccn2)[c-]c(-c2cccc3c2nc(-c2cc4oc5ccccc5c4cc2O)n3-c2ccccc2-c2ccccc2)c1.[Pt]. The van der Waals surface area contributed by atoms with Crippen LogP contribution in [0.1, 0.15) is 26.3 Å².